The van der Waals surface area contributed by atoms with Gasteiger partial charge in [-0.3, -0.25) is 0 Å². The largest absolute Gasteiger partial charge is 0.351 e. The van der Waals surface area contributed by atoms with Crippen molar-refractivity contribution in [2.24, 2.45) is 0 Å². The quantitative estimate of drug-likeness (QED) is 0.328. The van der Waals surface area contributed by atoms with E-state index in [4.69, 9.17) is 21.7 Å². The zero-order chi connectivity index (χ0) is 24.5. The maximum absolute atomic E-state index is 5.86. The molecule has 0 aliphatic carbocycles. The zero-order valence-corrected chi connectivity index (χ0v) is 21.2. The highest BCUT2D eigenvalue weighted by Gasteiger charge is 2.34. The SMILES string of the molecule is CC1=C(c2nc(-c3cccc(C)c3)no2)C(c2ccc(C)cc2)NC(=S)N1Cc1ccc(C)cc1. The van der Waals surface area contributed by atoms with Gasteiger partial charge in [0, 0.05) is 17.8 Å². The summed E-state index contributed by atoms with van der Waals surface area (Å²) in [5.41, 5.74) is 8.72. The third-order valence-corrected chi connectivity index (χ3v) is 6.74. The van der Waals surface area contributed by atoms with Crippen LogP contribution in [0.2, 0.25) is 0 Å². The molecule has 0 bridgehead atoms. The van der Waals surface area contributed by atoms with Gasteiger partial charge < -0.3 is 14.7 Å². The molecule has 1 aliphatic rings. The zero-order valence-electron chi connectivity index (χ0n) is 20.4. The highest BCUT2D eigenvalue weighted by atomic mass is 32.1. The Morgan fingerprint density at radius 3 is 2.26 bits per heavy atom. The molecule has 1 aliphatic heterocycles. The number of hydrogen-bond acceptors (Lipinski definition) is 4. The van der Waals surface area contributed by atoms with Crippen molar-refractivity contribution < 1.29 is 4.52 Å². The number of nitrogens with one attached hydrogen (secondary N) is 1. The molecule has 1 aromatic heterocycles. The predicted molar refractivity (Wildman–Crippen MR) is 143 cm³/mol. The average molecular weight is 481 g/mol. The molecule has 5 rings (SSSR count). The molecule has 35 heavy (non-hydrogen) atoms. The Hall–Kier alpha value is -3.77. The molecule has 0 radical (unpaired) electrons. The maximum Gasteiger partial charge on any atom is 0.258 e. The van der Waals surface area contributed by atoms with Crippen LogP contribution in [0.5, 0.6) is 0 Å². The molecule has 0 spiro atoms. The first-order valence-corrected chi connectivity index (χ1v) is 12.1. The van der Waals surface area contributed by atoms with Crippen LogP contribution in [0, 0.1) is 20.8 Å². The van der Waals surface area contributed by atoms with Gasteiger partial charge in [-0.2, -0.15) is 4.98 Å². The fourth-order valence-corrected chi connectivity index (χ4v) is 4.69. The van der Waals surface area contributed by atoms with E-state index in [0.29, 0.717) is 23.4 Å². The van der Waals surface area contributed by atoms with E-state index < -0.39 is 0 Å². The molecule has 0 amide bonds. The van der Waals surface area contributed by atoms with Crippen molar-refractivity contribution in [1.29, 1.82) is 0 Å². The fraction of sp³-hybridized carbons (Fsp3) is 0.207. The van der Waals surface area contributed by atoms with Crippen molar-refractivity contribution in [3.8, 4) is 11.4 Å². The van der Waals surface area contributed by atoms with Gasteiger partial charge in [-0.15, -0.1) is 0 Å². The van der Waals surface area contributed by atoms with E-state index in [1.54, 1.807) is 0 Å². The van der Waals surface area contributed by atoms with Crippen molar-refractivity contribution in [3.63, 3.8) is 0 Å². The highest BCUT2D eigenvalue weighted by Crippen LogP contribution is 2.38. The van der Waals surface area contributed by atoms with E-state index in [-0.39, 0.29) is 6.04 Å². The van der Waals surface area contributed by atoms with Gasteiger partial charge in [0.05, 0.1) is 11.6 Å². The summed E-state index contributed by atoms with van der Waals surface area (Å²) in [5, 5.41) is 8.54. The van der Waals surface area contributed by atoms with Crippen LogP contribution in [0.1, 0.15) is 46.7 Å². The van der Waals surface area contributed by atoms with Crippen LogP contribution < -0.4 is 5.32 Å². The molecule has 1 N–H and O–H groups in total. The summed E-state index contributed by atoms with van der Waals surface area (Å²) in [6.07, 6.45) is 0. The topological polar surface area (TPSA) is 54.2 Å². The second kappa shape index (κ2) is 9.47. The lowest BCUT2D eigenvalue weighted by Crippen LogP contribution is -2.45. The smallest absolute Gasteiger partial charge is 0.258 e. The Kier molecular flexibility index (Phi) is 6.22. The van der Waals surface area contributed by atoms with E-state index in [1.165, 1.54) is 16.7 Å². The van der Waals surface area contributed by atoms with Crippen LogP contribution in [0.3, 0.4) is 0 Å². The van der Waals surface area contributed by atoms with Crippen molar-refractivity contribution >= 4 is 22.9 Å². The van der Waals surface area contributed by atoms with Gasteiger partial charge in [-0.05, 0) is 57.1 Å². The summed E-state index contributed by atoms with van der Waals surface area (Å²) >= 11 is 5.84. The van der Waals surface area contributed by atoms with Crippen molar-refractivity contribution in [2.45, 2.75) is 40.3 Å². The number of aryl methyl sites for hydroxylation is 3. The van der Waals surface area contributed by atoms with Crippen LogP contribution in [0.15, 0.2) is 83.0 Å². The summed E-state index contributed by atoms with van der Waals surface area (Å²) in [5.74, 6) is 1.07. The summed E-state index contributed by atoms with van der Waals surface area (Å²) in [6.45, 7) is 8.96. The minimum atomic E-state index is -0.192. The van der Waals surface area contributed by atoms with Gasteiger partial charge in [0.25, 0.3) is 5.89 Å². The Morgan fingerprint density at radius 2 is 1.57 bits per heavy atom. The average Bonchev–Trinajstić information content (AvgIpc) is 3.33. The molecule has 0 fully saturated rings. The number of nitrogens with zero attached hydrogens (tertiary/aromatic N) is 3. The molecule has 6 heteroatoms. The molecular weight excluding hydrogens is 452 g/mol. The number of thiocarbonyl (C=S) groups is 1. The second-order valence-corrected chi connectivity index (χ2v) is 9.54. The molecule has 1 atom stereocenters. The minimum Gasteiger partial charge on any atom is -0.351 e. The summed E-state index contributed by atoms with van der Waals surface area (Å²) in [6, 6.07) is 24.9. The van der Waals surface area contributed by atoms with Crippen molar-refractivity contribution in [3.05, 3.63) is 112 Å². The monoisotopic (exact) mass is 480 g/mol. The van der Waals surface area contributed by atoms with E-state index in [2.05, 4.69) is 104 Å². The molecule has 4 aromatic rings. The fourth-order valence-electron chi connectivity index (χ4n) is 4.37. The van der Waals surface area contributed by atoms with Gasteiger partial charge >= 0.3 is 0 Å². The van der Waals surface area contributed by atoms with E-state index >= 15 is 0 Å². The Morgan fingerprint density at radius 1 is 0.886 bits per heavy atom. The second-order valence-electron chi connectivity index (χ2n) is 9.16. The first-order chi connectivity index (χ1) is 16.9. The number of allylic oxidation sites excluding steroid dienone is 1. The number of hydrogen-bond donors (Lipinski definition) is 1. The van der Waals surface area contributed by atoms with Crippen molar-refractivity contribution in [2.75, 3.05) is 0 Å². The maximum atomic E-state index is 5.86. The first kappa shape index (κ1) is 23.0. The molecule has 0 saturated heterocycles. The van der Waals surface area contributed by atoms with Crippen LogP contribution in [-0.2, 0) is 6.54 Å². The molecule has 2 heterocycles. The van der Waals surface area contributed by atoms with Gasteiger partial charge in [0.1, 0.15) is 0 Å². The standard InChI is InChI=1S/C29H28N4OS/c1-18-8-12-22(13-9-18)17-33-21(4)25(26(30-29(33)35)23-14-10-19(2)11-15-23)28-31-27(32-34-28)24-7-5-6-20(3)16-24/h5-16,26H,17H2,1-4H3,(H,30,35). The van der Waals surface area contributed by atoms with Crippen molar-refractivity contribution in [1.82, 2.24) is 20.4 Å². The van der Waals surface area contributed by atoms with Crippen LogP contribution >= 0.6 is 12.2 Å². The Balaban J connectivity index is 1.59. The third kappa shape index (κ3) is 4.75. The van der Waals surface area contributed by atoms with Crippen LogP contribution in [0.25, 0.3) is 17.0 Å². The lowest BCUT2D eigenvalue weighted by molar-refractivity contribution is 0.396. The Labute approximate surface area is 211 Å². The Bertz CT molecular complexity index is 1400. The summed E-state index contributed by atoms with van der Waals surface area (Å²) in [4.78, 5) is 6.93. The first-order valence-electron chi connectivity index (χ1n) is 11.7. The molecule has 5 nitrogen and oxygen atoms in total. The molecule has 0 saturated carbocycles. The molecular formula is C29H28N4OS. The third-order valence-electron chi connectivity index (χ3n) is 6.40. The van der Waals surface area contributed by atoms with E-state index in [9.17, 15) is 0 Å². The summed E-state index contributed by atoms with van der Waals surface area (Å²) < 4.78 is 5.86. The van der Waals surface area contributed by atoms with Crippen LogP contribution in [0.4, 0.5) is 0 Å². The number of benzene rings is 3. The van der Waals surface area contributed by atoms with Gasteiger partial charge in [-0.25, -0.2) is 0 Å². The lowest BCUT2D eigenvalue weighted by Gasteiger charge is -2.37. The number of rotatable bonds is 5. The lowest BCUT2D eigenvalue weighted by atomic mass is 9.94. The van der Waals surface area contributed by atoms with Gasteiger partial charge in [0.15, 0.2) is 5.11 Å². The van der Waals surface area contributed by atoms with E-state index in [1.807, 2.05) is 12.1 Å². The normalized spacial score (nSPS) is 15.9. The number of aromatic nitrogens is 2. The van der Waals surface area contributed by atoms with Gasteiger partial charge in [-0.1, -0.05) is 88.6 Å². The molecule has 176 valence electrons. The highest BCUT2D eigenvalue weighted by molar-refractivity contribution is 7.80. The van der Waals surface area contributed by atoms with Gasteiger partial charge in [0.2, 0.25) is 5.82 Å². The minimum absolute atomic E-state index is 0.192. The summed E-state index contributed by atoms with van der Waals surface area (Å²) in [7, 11) is 0. The molecule has 1 unspecified atom stereocenters. The van der Waals surface area contributed by atoms with Crippen LogP contribution in [-0.4, -0.2) is 20.2 Å². The predicted octanol–water partition coefficient (Wildman–Crippen LogP) is 6.52. The molecule has 3 aromatic carbocycles. The van der Waals surface area contributed by atoms with E-state index in [0.717, 1.165) is 28.0 Å².